The zero-order valence-electron chi connectivity index (χ0n) is 7.24. The standard InChI is InChI=1S/C10H8ClFO2/c11-10(6-8(10)12)9(13)14-7-4-2-1-3-5-7/h1-5,8H,6H2. The van der Waals surface area contributed by atoms with Crippen LogP contribution in [0.2, 0.25) is 0 Å². The topological polar surface area (TPSA) is 26.3 Å². The summed E-state index contributed by atoms with van der Waals surface area (Å²) in [6.45, 7) is 0. The van der Waals surface area contributed by atoms with Gasteiger partial charge in [-0.05, 0) is 12.1 Å². The highest BCUT2D eigenvalue weighted by molar-refractivity contribution is 6.37. The molecule has 4 heteroatoms. The summed E-state index contributed by atoms with van der Waals surface area (Å²) in [6.07, 6.45) is -1.24. The first-order chi connectivity index (χ1) is 6.63. The molecule has 0 aromatic heterocycles. The molecule has 0 amide bonds. The molecule has 1 aromatic carbocycles. The van der Waals surface area contributed by atoms with E-state index in [0.717, 1.165) is 0 Å². The van der Waals surface area contributed by atoms with Crippen LogP contribution in [0.1, 0.15) is 6.42 Å². The van der Waals surface area contributed by atoms with Gasteiger partial charge in [-0.25, -0.2) is 9.18 Å². The van der Waals surface area contributed by atoms with E-state index in [1.807, 2.05) is 0 Å². The predicted molar refractivity (Wildman–Crippen MR) is 50.2 cm³/mol. The molecule has 2 nitrogen and oxygen atoms in total. The number of alkyl halides is 2. The minimum atomic E-state index is -1.43. The van der Waals surface area contributed by atoms with Crippen LogP contribution in [-0.4, -0.2) is 17.0 Å². The molecule has 1 aliphatic rings. The molecule has 14 heavy (non-hydrogen) atoms. The monoisotopic (exact) mass is 214 g/mol. The SMILES string of the molecule is O=C(Oc1ccccc1)C1(Cl)CC1F. The van der Waals surface area contributed by atoms with E-state index < -0.39 is 17.0 Å². The lowest BCUT2D eigenvalue weighted by Crippen LogP contribution is -2.24. The molecule has 0 radical (unpaired) electrons. The Morgan fingerprint density at radius 2 is 2.07 bits per heavy atom. The van der Waals surface area contributed by atoms with Crippen molar-refractivity contribution in [2.75, 3.05) is 0 Å². The summed E-state index contributed by atoms with van der Waals surface area (Å²) in [4.78, 5) is 9.88. The van der Waals surface area contributed by atoms with E-state index in [2.05, 4.69) is 0 Å². The number of esters is 1. The summed E-state index contributed by atoms with van der Waals surface area (Å²) >= 11 is 5.65. The molecule has 0 bridgehead atoms. The maximum absolute atomic E-state index is 12.7. The largest absolute Gasteiger partial charge is 0.425 e. The molecule has 2 atom stereocenters. The van der Waals surface area contributed by atoms with Crippen LogP contribution >= 0.6 is 11.6 Å². The smallest absolute Gasteiger partial charge is 0.335 e. The normalized spacial score (nSPS) is 29.7. The molecule has 0 heterocycles. The first-order valence-corrected chi connectivity index (χ1v) is 4.61. The molecular formula is C10H8ClFO2. The Morgan fingerprint density at radius 1 is 1.50 bits per heavy atom. The molecule has 2 unspecified atom stereocenters. The predicted octanol–water partition coefficient (Wildman–Crippen LogP) is 2.31. The van der Waals surface area contributed by atoms with Gasteiger partial charge in [-0.15, -0.1) is 11.6 Å². The third-order valence-electron chi connectivity index (χ3n) is 2.11. The Bertz CT molecular complexity index is 354. The number of para-hydroxylation sites is 1. The van der Waals surface area contributed by atoms with Gasteiger partial charge in [-0.1, -0.05) is 18.2 Å². The van der Waals surface area contributed by atoms with Crippen molar-refractivity contribution in [3.8, 4) is 5.75 Å². The Morgan fingerprint density at radius 3 is 2.57 bits per heavy atom. The molecule has 0 N–H and O–H groups in total. The Labute approximate surface area is 85.6 Å². The fourth-order valence-electron chi connectivity index (χ4n) is 1.09. The average molecular weight is 215 g/mol. The van der Waals surface area contributed by atoms with Crippen LogP contribution in [0.4, 0.5) is 4.39 Å². The van der Waals surface area contributed by atoms with Crippen molar-refractivity contribution in [2.24, 2.45) is 0 Å². The molecule has 0 aliphatic heterocycles. The van der Waals surface area contributed by atoms with Gasteiger partial charge in [0.1, 0.15) is 11.9 Å². The zero-order valence-corrected chi connectivity index (χ0v) is 8.00. The van der Waals surface area contributed by atoms with Crippen LogP contribution in [-0.2, 0) is 4.79 Å². The third-order valence-corrected chi connectivity index (χ3v) is 2.65. The van der Waals surface area contributed by atoms with E-state index in [1.54, 1.807) is 30.3 Å². The number of rotatable bonds is 2. The fourth-order valence-corrected chi connectivity index (χ4v) is 1.27. The highest BCUT2D eigenvalue weighted by Crippen LogP contribution is 2.46. The summed E-state index contributed by atoms with van der Waals surface area (Å²) < 4.78 is 17.6. The quantitative estimate of drug-likeness (QED) is 0.429. The van der Waals surface area contributed by atoms with Gasteiger partial charge in [0, 0.05) is 6.42 Å². The second kappa shape index (κ2) is 3.24. The summed E-state index contributed by atoms with van der Waals surface area (Å²) in [5, 5.41) is 0. The van der Waals surface area contributed by atoms with E-state index in [0.29, 0.717) is 5.75 Å². The van der Waals surface area contributed by atoms with E-state index >= 15 is 0 Å². The Hall–Kier alpha value is -1.09. The molecule has 1 saturated carbocycles. The molecule has 74 valence electrons. The number of hydrogen-bond acceptors (Lipinski definition) is 2. The van der Waals surface area contributed by atoms with Crippen LogP contribution in [0.5, 0.6) is 5.75 Å². The van der Waals surface area contributed by atoms with Gasteiger partial charge in [-0.3, -0.25) is 0 Å². The minimum absolute atomic E-state index is 0.0419. The van der Waals surface area contributed by atoms with Crippen molar-refractivity contribution >= 4 is 17.6 Å². The number of ether oxygens (including phenoxy) is 1. The Balaban J connectivity index is 2.03. The maximum atomic E-state index is 12.7. The highest BCUT2D eigenvalue weighted by atomic mass is 35.5. The van der Waals surface area contributed by atoms with E-state index in [1.165, 1.54) is 0 Å². The summed E-state index contributed by atoms with van der Waals surface area (Å²) in [7, 11) is 0. The minimum Gasteiger partial charge on any atom is -0.425 e. The molecule has 0 spiro atoms. The first kappa shape index (κ1) is 9.46. The van der Waals surface area contributed by atoms with Gasteiger partial charge >= 0.3 is 5.97 Å². The average Bonchev–Trinajstić information content (AvgIpc) is 2.78. The number of halogens is 2. The summed E-state index contributed by atoms with van der Waals surface area (Å²) in [5.74, 6) is -0.325. The molecule has 0 saturated heterocycles. The van der Waals surface area contributed by atoms with Gasteiger partial charge in [0.15, 0.2) is 4.87 Å². The maximum Gasteiger partial charge on any atom is 0.335 e. The summed E-state index contributed by atoms with van der Waals surface area (Å²) in [5.41, 5.74) is 0. The fraction of sp³-hybridized carbons (Fsp3) is 0.300. The second-order valence-electron chi connectivity index (χ2n) is 3.24. The molecule has 2 rings (SSSR count). The first-order valence-electron chi connectivity index (χ1n) is 4.23. The van der Waals surface area contributed by atoms with Gasteiger partial charge in [0.05, 0.1) is 0 Å². The van der Waals surface area contributed by atoms with E-state index in [4.69, 9.17) is 16.3 Å². The van der Waals surface area contributed by atoms with E-state index in [-0.39, 0.29) is 6.42 Å². The number of carbonyl (C=O) groups is 1. The van der Waals surface area contributed by atoms with Gasteiger partial charge in [0.25, 0.3) is 0 Å². The number of carbonyl (C=O) groups excluding carboxylic acids is 1. The van der Waals surface area contributed by atoms with Crippen molar-refractivity contribution in [1.82, 2.24) is 0 Å². The molecular weight excluding hydrogens is 207 g/mol. The van der Waals surface area contributed by atoms with Crippen LogP contribution in [0.3, 0.4) is 0 Å². The van der Waals surface area contributed by atoms with Gasteiger partial charge in [-0.2, -0.15) is 0 Å². The van der Waals surface area contributed by atoms with Crippen LogP contribution in [0, 0.1) is 0 Å². The van der Waals surface area contributed by atoms with E-state index in [9.17, 15) is 9.18 Å². The highest BCUT2D eigenvalue weighted by Gasteiger charge is 2.62. The third kappa shape index (κ3) is 1.60. The van der Waals surface area contributed by atoms with Crippen molar-refractivity contribution in [2.45, 2.75) is 17.5 Å². The lowest BCUT2D eigenvalue weighted by Gasteiger charge is -2.06. The molecule has 1 fully saturated rings. The Kier molecular flexibility index (Phi) is 2.19. The summed E-state index contributed by atoms with van der Waals surface area (Å²) in [6, 6.07) is 8.48. The van der Waals surface area contributed by atoms with Crippen LogP contribution < -0.4 is 4.74 Å². The number of benzene rings is 1. The lowest BCUT2D eigenvalue weighted by molar-refractivity contribution is -0.135. The lowest BCUT2D eigenvalue weighted by atomic mass is 10.3. The van der Waals surface area contributed by atoms with Crippen LogP contribution in [0.15, 0.2) is 30.3 Å². The van der Waals surface area contributed by atoms with Crippen molar-refractivity contribution < 1.29 is 13.9 Å². The molecule has 1 aliphatic carbocycles. The van der Waals surface area contributed by atoms with Crippen molar-refractivity contribution in [1.29, 1.82) is 0 Å². The van der Waals surface area contributed by atoms with Crippen LogP contribution in [0.25, 0.3) is 0 Å². The van der Waals surface area contributed by atoms with Crippen molar-refractivity contribution in [3.63, 3.8) is 0 Å². The van der Waals surface area contributed by atoms with Crippen molar-refractivity contribution in [3.05, 3.63) is 30.3 Å². The van der Waals surface area contributed by atoms with Gasteiger partial charge in [0.2, 0.25) is 0 Å². The molecule has 1 aromatic rings. The second-order valence-corrected chi connectivity index (χ2v) is 3.91. The zero-order chi connectivity index (χ0) is 10.2. The number of hydrogen-bond donors (Lipinski definition) is 0. The van der Waals surface area contributed by atoms with Gasteiger partial charge < -0.3 is 4.74 Å².